The van der Waals surface area contributed by atoms with Crippen LogP contribution < -0.4 is 4.90 Å². The van der Waals surface area contributed by atoms with Gasteiger partial charge in [0, 0.05) is 12.4 Å². The van der Waals surface area contributed by atoms with Crippen LogP contribution in [0.5, 0.6) is 0 Å². The molecule has 2 heterocycles. The SMILES string of the molecule is Cc1ccc(CN(C)c2nc(CC(=O)O)cs2)o1. The third kappa shape index (κ3) is 3.10. The lowest BCUT2D eigenvalue weighted by Gasteiger charge is -2.13. The highest BCUT2D eigenvalue weighted by molar-refractivity contribution is 7.13. The number of aliphatic carboxylic acids is 1. The zero-order valence-corrected chi connectivity index (χ0v) is 11.0. The van der Waals surface area contributed by atoms with Crippen LogP contribution in [0.25, 0.3) is 0 Å². The first kappa shape index (κ1) is 12.6. The van der Waals surface area contributed by atoms with Gasteiger partial charge >= 0.3 is 5.97 Å². The van der Waals surface area contributed by atoms with Gasteiger partial charge in [-0.2, -0.15) is 0 Å². The second kappa shape index (κ2) is 5.22. The monoisotopic (exact) mass is 266 g/mol. The van der Waals surface area contributed by atoms with Crippen molar-refractivity contribution in [3.8, 4) is 0 Å². The normalized spacial score (nSPS) is 10.6. The van der Waals surface area contributed by atoms with Gasteiger partial charge in [0.15, 0.2) is 5.13 Å². The lowest BCUT2D eigenvalue weighted by molar-refractivity contribution is -0.136. The number of hydrogen-bond acceptors (Lipinski definition) is 5. The maximum atomic E-state index is 10.6. The summed E-state index contributed by atoms with van der Waals surface area (Å²) in [7, 11) is 1.90. The number of anilines is 1. The minimum atomic E-state index is -0.865. The van der Waals surface area contributed by atoms with Gasteiger partial charge in [-0.15, -0.1) is 11.3 Å². The summed E-state index contributed by atoms with van der Waals surface area (Å²) in [5.41, 5.74) is 0.588. The van der Waals surface area contributed by atoms with Crippen molar-refractivity contribution in [3.05, 3.63) is 34.7 Å². The fourth-order valence-electron chi connectivity index (χ4n) is 1.58. The van der Waals surface area contributed by atoms with E-state index in [-0.39, 0.29) is 6.42 Å². The fourth-order valence-corrected chi connectivity index (χ4v) is 2.37. The van der Waals surface area contributed by atoms with Crippen molar-refractivity contribution in [2.75, 3.05) is 11.9 Å². The molecular formula is C12H14N2O3S. The van der Waals surface area contributed by atoms with Gasteiger partial charge in [-0.1, -0.05) is 0 Å². The zero-order valence-electron chi connectivity index (χ0n) is 10.2. The van der Waals surface area contributed by atoms with Crippen LogP contribution >= 0.6 is 11.3 Å². The first-order valence-electron chi connectivity index (χ1n) is 5.47. The largest absolute Gasteiger partial charge is 0.481 e. The summed E-state index contributed by atoms with van der Waals surface area (Å²) in [4.78, 5) is 16.8. The number of aryl methyl sites for hydroxylation is 1. The molecule has 0 bridgehead atoms. The molecule has 2 aromatic heterocycles. The lowest BCUT2D eigenvalue weighted by Crippen LogP contribution is -2.15. The maximum absolute atomic E-state index is 10.6. The number of thiazole rings is 1. The quantitative estimate of drug-likeness (QED) is 0.899. The Kier molecular flexibility index (Phi) is 3.66. The van der Waals surface area contributed by atoms with Gasteiger partial charge in [-0.25, -0.2) is 4.98 Å². The number of rotatable bonds is 5. The van der Waals surface area contributed by atoms with E-state index >= 15 is 0 Å². The van der Waals surface area contributed by atoms with E-state index in [1.807, 2.05) is 31.0 Å². The first-order chi connectivity index (χ1) is 8.54. The van der Waals surface area contributed by atoms with Crippen LogP contribution in [0.1, 0.15) is 17.2 Å². The Morgan fingerprint density at radius 1 is 1.56 bits per heavy atom. The Morgan fingerprint density at radius 3 is 2.94 bits per heavy atom. The Labute approximate surface area is 109 Å². The molecule has 0 atom stereocenters. The van der Waals surface area contributed by atoms with Crippen molar-refractivity contribution in [2.24, 2.45) is 0 Å². The second-order valence-corrected chi connectivity index (χ2v) is 4.90. The van der Waals surface area contributed by atoms with Crippen molar-refractivity contribution >= 4 is 22.4 Å². The maximum Gasteiger partial charge on any atom is 0.309 e. The van der Waals surface area contributed by atoms with Crippen LogP contribution in [0.3, 0.4) is 0 Å². The van der Waals surface area contributed by atoms with Crippen LogP contribution in [0.4, 0.5) is 5.13 Å². The van der Waals surface area contributed by atoms with Gasteiger partial charge in [-0.05, 0) is 19.1 Å². The molecule has 96 valence electrons. The van der Waals surface area contributed by atoms with E-state index in [1.165, 1.54) is 11.3 Å². The third-order valence-corrected chi connectivity index (χ3v) is 3.39. The van der Waals surface area contributed by atoms with Crippen molar-refractivity contribution < 1.29 is 14.3 Å². The molecule has 0 saturated heterocycles. The number of furan rings is 1. The molecule has 0 fully saturated rings. The van der Waals surface area contributed by atoms with Gasteiger partial charge in [0.1, 0.15) is 11.5 Å². The van der Waals surface area contributed by atoms with Crippen molar-refractivity contribution in [3.63, 3.8) is 0 Å². The molecule has 2 rings (SSSR count). The van der Waals surface area contributed by atoms with Gasteiger partial charge < -0.3 is 14.4 Å². The number of hydrogen-bond donors (Lipinski definition) is 1. The summed E-state index contributed by atoms with van der Waals surface area (Å²) in [5.74, 6) is 0.880. The van der Waals surface area contributed by atoms with E-state index in [4.69, 9.17) is 9.52 Å². The van der Waals surface area contributed by atoms with E-state index < -0.39 is 5.97 Å². The molecule has 0 aliphatic carbocycles. The summed E-state index contributed by atoms with van der Waals surface area (Å²) in [6, 6.07) is 3.85. The molecule has 5 nitrogen and oxygen atoms in total. The van der Waals surface area contributed by atoms with Gasteiger partial charge in [-0.3, -0.25) is 4.79 Å². The molecule has 0 saturated carbocycles. The molecule has 2 aromatic rings. The summed E-state index contributed by atoms with van der Waals surface area (Å²) in [6.45, 7) is 2.52. The number of carboxylic acid groups (broad SMARTS) is 1. The van der Waals surface area contributed by atoms with E-state index in [0.29, 0.717) is 12.2 Å². The average molecular weight is 266 g/mol. The van der Waals surface area contributed by atoms with Crippen LogP contribution in [0.2, 0.25) is 0 Å². The van der Waals surface area contributed by atoms with Gasteiger partial charge in [0.2, 0.25) is 0 Å². The molecular weight excluding hydrogens is 252 g/mol. The highest BCUT2D eigenvalue weighted by atomic mass is 32.1. The molecule has 0 amide bonds. The predicted octanol–water partition coefficient (Wildman–Crippen LogP) is 2.31. The lowest BCUT2D eigenvalue weighted by atomic mass is 10.3. The van der Waals surface area contributed by atoms with Gasteiger partial charge in [0.25, 0.3) is 0 Å². The standard InChI is InChI=1S/C12H14N2O3S/c1-8-3-4-10(17-8)6-14(2)12-13-9(7-18-12)5-11(15)16/h3-4,7H,5-6H2,1-2H3,(H,15,16). The molecule has 0 spiro atoms. The molecule has 18 heavy (non-hydrogen) atoms. The molecule has 0 unspecified atom stereocenters. The minimum Gasteiger partial charge on any atom is -0.481 e. The van der Waals surface area contributed by atoms with Crippen LogP contribution in [-0.4, -0.2) is 23.1 Å². The number of carbonyl (C=O) groups is 1. The number of aromatic nitrogens is 1. The third-order valence-electron chi connectivity index (χ3n) is 2.39. The fraction of sp³-hybridized carbons (Fsp3) is 0.333. The Bertz CT molecular complexity index is 547. The van der Waals surface area contributed by atoms with E-state index in [0.717, 1.165) is 16.7 Å². The molecule has 6 heteroatoms. The van der Waals surface area contributed by atoms with Crippen molar-refractivity contribution in [2.45, 2.75) is 19.9 Å². The molecule has 0 aliphatic rings. The Hall–Kier alpha value is -1.82. The predicted molar refractivity (Wildman–Crippen MR) is 69.0 cm³/mol. The highest BCUT2D eigenvalue weighted by Crippen LogP contribution is 2.21. The molecule has 0 radical (unpaired) electrons. The van der Waals surface area contributed by atoms with Crippen molar-refractivity contribution in [1.29, 1.82) is 0 Å². The topological polar surface area (TPSA) is 66.6 Å². The van der Waals surface area contributed by atoms with E-state index in [1.54, 1.807) is 5.38 Å². The Balaban J connectivity index is 2.02. The van der Waals surface area contributed by atoms with Gasteiger partial charge in [0.05, 0.1) is 18.7 Å². The molecule has 1 N–H and O–H groups in total. The second-order valence-electron chi connectivity index (χ2n) is 4.06. The number of nitrogens with zero attached hydrogens (tertiary/aromatic N) is 2. The van der Waals surface area contributed by atoms with Crippen molar-refractivity contribution in [1.82, 2.24) is 4.98 Å². The highest BCUT2D eigenvalue weighted by Gasteiger charge is 2.11. The minimum absolute atomic E-state index is 0.0375. The van der Waals surface area contributed by atoms with Crippen LogP contribution in [0.15, 0.2) is 21.9 Å². The molecule has 0 aromatic carbocycles. The summed E-state index contributed by atoms with van der Waals surface area (Å²) >= 11 is 1.44. The summed E-state index contributed by atoms with van der Waals surface area (Å²) in [5, 5.41) is 11.3. The number of carboxylic acids is 1. The van der Waals surface area contributed by atoms with Crippen LogP contribution in [0, 0.1) is 6.92 Å². The van der Waals surface area contributed by atoms with E-state index in [9.17, 15) is 4.79 Å². The first-order valence-corrected chi connectivity index (χ1v) is 6.35. The van der Waals surface area contributed by atoms with E-state index in [2.05, 4.69) is 4.98 Å². The average Bonchev–Trinajstić information content (AvgIpc) is 2.87. The molecule has 0 aliphatic heterocycles. The summed E-state index contributed by atoms with van der Waals surface area (Å²) in [6.07, 6.45) is -0.0375. The van der Waals surface area contributed by atoms with Crippen LogP contribution in [-0.2, 0) is 17.8 Å². The zero-order chi connectivity index (χ0) is 13.1. The summed E-state index contributed by atoms with van der Waals surface area (Å²) < 4.78 is 5.49. The Morgan fingerprint density at radius 2 is 2.33 bits per heavy atom. The smallest absolute Gasteiger partial charge is 0.309 e.